The summed E-state index contributed by atoms with van der Waals surface area (Å²) >= 11 is 1.57. The zero-order valence-corrected chi connectivity index (χ0v) is 15.8. The molecule has 0 aliphatic carbocycles. The molecule has 4 rings (SSSR count). The number of hydrogen-bond donors (Lipinski definition) is 1. The van der Waals surface area contributed by atoms with E-state index in [-0.39, 0.29) is 0 Å². The highest BCUT2D eigenvalue weighted by molar-refractivity contribution is 7.16. The maximum atomic E-state index is 5.40. The predicted molar refractivity (Wildman–Crippen MR) is 104 cm³/mol. The highest BCUT2D eigenvalue weighted by atomic mass is 32.1. The first-order valence-electron chi connectivity index (χ1n) is 8.03. The van der Waals surface area contributed by atoms with Crippen molar-refractivity contribution in [1.29, 1.82) is 0 Å². The van der Waals surface area contributed by atoms with Crippen LogP contribution in [0.4, 0.5) is 11.8 Å². The van der Waals surface area contributed by atoms with Crippen LogP contribution in [0.3, 0.4) is 0 Å². The molecule has 9 heteroatoms. The van der Waals surface area contributed by atoms with Crippen LogP contribution in [0.2, 0.25) is 0 Å². The maximum Gasteiger partial charge on any atom is 0.229 e. The third kappa shape index (κ3) is 3.24. The Bertz CT molecular complexity index is 1070. The van der Waals surface area contributed by atoms with Crippen LogP contribution in [0.1, 0.15) is 0 Å². The summed E-state index contributed by atoms with van der Waals surface area (Å²) in [6.07, 6.45) is 5.31. The van der Waals surface area contributed by atoms with E-state index in [0.717, 1.165) is 15.9 Å². The number of nitrogens with one attached hydrogen (secondary N) is 1. The van der Waals surface area contributed by atoms with Crippen LogP contribution in [-0.2, 0) is 0 Å². The van der Waals surface area contributed by atoms with Crippen molar-refractivity contribution in [3.63, 3.8) is 0 Å². The van der Waals surface area contributed by atoms with Gasteiger partial charge in [0.2, 0.25) is 11.7 Å². The van der Waals surface area contributed by atoms with Crippen molar-refractivity contribution in [3.05, 3.63) is 42.3 Å². The molecule has 0 radical (unpaired) electrons. The molecule has 0 fully saturated rings. The molecule has 27 heavy (non-hydrogen) atoms. The molecule has 0 aliphatic heterocycles. The molecule has 3 aromatic heterocycles. The summed E-state index contributed by atoms with van der Waals surface area (Å²) < 4.78 is 18.0. The van der Waals surface area contributed by atoms with Crippen molar-refractivity contribution in [2.45, 2.75) is 0 Å². The van der Waals surface area contributed by atoms with Crippen LogP contribution in [0.5, 0.6) is 17.2 Å². The number of aromatic nitrogens is 4. The summed E-state index contributed by atoms with van der Waals surface area (Å²) in [5.41, 5.74) is 0.819. The van der Waals surface area contributed by atoms with Crippen molar-refractivity contribution < 1.29 is 14.2 Å². The average Bonchev–Trinajstić information content (AvgIpc) is 3.35. The second kappa shape index (κ2) is 7.12. The van der Waals surface area contributed by atoms with Gasteiger partial charge in [-0.05, 0) is 11.4 Å². The normalized spacial score (nSPS) is 10.8. The molecular weight excluding hydrogens is 366 g/mol. The number of hydrogen-bond acceptors (Lipinski definition) is 8. The second-order valence-electron chi connectivity index (χ2n) is 5.55. The van der Waals surface area contributed by atoms with Gasteiger partial charge in [-0.1, -0.05) is 0 Å². The van der Waals surface area contributed by atoms with E-state index in [4.69, 9.17) is 14.2 Å². The third-order valence-electron chi connectivity index (χ3n) is 3.98. The molecule has 0 bridgehead atoms. The lowest BCUT2D eigenvalue weighted by molar-refractivity contribution is 0.324. The van der Waals surface area contributed by atoms with Crippen LogP contribution >= 0.6 is 11.3 Å². The van der Waals surface area contributed by atoms with Gasteiger partial charge in [-0.15, -0.1) is 11.3 Å². The van der Waals surface area contributed by atoms with Crippen molar-refractivity contribution >= 4 is 33.3 Å². The Hall–Kier alpha value is -3.33. The minimum atomic E-state index is 0.500. The Kier molecular flexibility index (Phi) is 4.51. The fraction of sp³-hybridized carbons (Fsp3) is 0.167. The summed E-state index contributed by atoms with van der Waals surface area (Å²) in [6.45, 7) is 0. The monoisotopic (exact) mass is 383 g/mol. The molecule has 1 aromatic carbocycles. The van der Waals surface area contributed by atoms with Crippen molar-refractivity contribution in [3.8, 4) is 22.9 Å². The Labute approximate surface area is 159 Å². The minimum Gasteiger partial charge on any atom is -0.493 e. The van der Waals surface area contributed by atoms with Crippen molar-refractivity contribution in [2.75, 3.05) is 26.6 Å². The van der Waals surface area contributed by atoms with Crippen LogP contribution in [0.15, 0.2) is 42.3 Å². The summed E-state index contributed by atoms with van der Waals surface area (Å²) in [5, 5.41) is 6.13. The van der Waals surface area contributed by atoms with Gasteiger partial charge < -0.3 is 24.1 Å². The number of benzene rings is 1. The Morgan fingerprint density at radius 3 is 2.52 bits per heavy atom. The van der Waals surface area contributed by atoms with Gasteiger partial charge in [0.15, 0.2) is 17.3 Å². The van der Waals surface area contributed by atoms with Crippen molar-refractivity contribution in [1.82, 2.24) is 19.5 Å². The molecule has 4 aromatic rings. The van der Waals surface area contributed by atoms with Gasteiger partial charge >= 0.3 is 0 Å². The second-order valence-corrected chi connectivity index (χ2v) is 6.44. The third-order valence-corrected chi connectivity index (χ3v) is 4.80. The fourth-order valence-corrected chi connectivity index (χ4v) is 3.42. The molecule has 0 saturated heterocycles. The Morgan fingerprint density at radius 2 is 1.81 bits per heavy atom. The predicted octanol–water partition coefficient (Wildman–Crippen LogP) is 3.65. The topological polar surface area (TPSA) is 83.3 Å². The zero-order chi connectivity index (χ0) is 18.8. The molecule has 0 atom stereocenters. The molecule has 0 aliphatic rings. The number of anilines is 2. The lowest BCUT2D eigenvalue weighted by Crippen LogP contribution is -1.99. The van der Waals surface area contributed by atoms with Crippen molar-refractivity contribution in [2.24, 2.45) is 0 Å². The first-order valence-corrected chi connectivity index (χ1v) is 8.91. The molecule has 138 valence electrons. The largest absolute Gasteiger partial charge is 0.493 e. The fourth-order valence-electron chi connectivity index (χ4n) is 2.68. The zero-order valence-electron chi connectivity index (χ0n) is 15.0. The van der Waals surface area contributed by atoms with E-state index in [2.05, 4.69) is 20.3 Å². The highest BCUT2D eigenvalue weighted by Crippen LogP contribution is 2.39. The SMILES string of the molecule is COc1cc(-n2cnc(Nc3ncc4ccsc4n3)c2)cc(OC)c1OC. The van der Waals surface area contributed by atoms with Gasteiger partial charge in [0, 0.05) is 23.7 Å². The Morgan fingerprint density at radius 1 is 1.04 bits per heavy atom. The number of nitrogens with zero attached hydrogens (tertiary/aromatic N) is 4. The smallest absolute Gasteiger partial charge is 0.229 e. The van der Waals surface area contributed by atoms with Gasteiger partial charge in [0.1, 0.15) is 11.2 Å². The van der Waals surface area contributed by atoms with E-state index in [1.165, 1.54) is 0 Å². The highest BCUT2D eigenvalue weighted by Gasteiger charge is 2.14. The first kappa shape index (κ1) is 17.1. The maximum absolute atomic E-state index is 5.40. The van der Waals surface area contributed by atoms with Gasteiger partial charge in [-0.25, -0.2) is 15.0 Å². The number of fused-ring (bicyclic) bond motifs is 1. The lowest BCUT2D eigenvalue weighted by atomic mass is 10.2. The summed E-state index contributed by atoms with van der Waals surface area (Å²) in [5.74, 6) is 2.81. The molecule has 0 amide bonds. The molecule has 3 heterocycles. The molecule has 0 saturated carbocycles. The van der Waals surface area contributed by atoms with Crippen LogP contribution in [-0.4, -0.2) is 40.8 Å². The van der Waals surface area contributed by atoms with Gasteiger partial charge in [0.25, 0.3) is 0 Å². The number of rotatable bonds is 6. The van der Waals surface area contributed by atoms with Crippen LogP contribution in [0.25, 0.3) is 15.9 Å². The van der Waals surface area contributed by atoms with Gasteiger partial charge in [-0.2, -0.15) is 0 Å². The minimum absolute atomic E-state index is 0.500. The van der Waals surface area contributed by atoms with E-state index < -0.39 is 0 Å². The molecular formula is C18H17N5O3S. The quantitative estimate of drug-likeness (QED) is 0.544. The molecule has 1 N–H and O–H groups in total. The number of imidazole rings is 1. The standard InChI is InChI=1S/C18H17N5O3S/c1-24-13-6-12(7-14(25-2)16(13)26-3)23-9-15(20-10-23)21-18-19-8-11-4-5-27-17(11)22-18/h4-10H,1-3H3,(H,19,21,22). The summed E-state index contributed by atoms with van der Waals surface area (Å²) in [6, 6.07) is 5.69. The number of methoxy groups -OCH3 is 3. The first-order chi connectivity index (χ1) is 13.2. The summed E-state index contributed by atoms with van der Waals surface area (Å²) in [7, 11) is 4.74. The van der Waals surface area contributed by atoms with E-state index >= 15 is 0 Å². The van der Waals surface area contributed by atoms with E-state index in [1.54, 1.807) is 45.2 Å². The molecule has 0 unspecified atom stereocenters. The number of ether oxygens (including phenoxy) is 3. The summed E-state index contributed by atoms with van der Waals surface area (Å²) in [4.78, 5) is 14.1. The lowest BCUT2D eigenvalue weighted by Gasteiger charge is -2.14. The van der Waals surface area contributed by atoms with E-state index in [1.807, 2.05) is 34.3 Å². The molecule has 0 spiro atoms. The van der Waals surface area contributed by atoms with Crippen LogP contribution < -0.4 is 19.5 Å². The van der Waals surface area contributed by atoms with Gasteiger partial charge in [0.05, 0.1) is 33.2 Å². The number of thiophene rings is 1. The molecule has 8 nitrogen and oxygen atoms in total. The van der Waals surface area contributed by atoms with Crippen LogP contribution in [0, 0.1) is 0 Å². The average molecular weight is 383 g/mol. The Balaban J connectivity index is 1.63. The van der Waals surface area contributed by atoms with E-state index in [0.29, 0.717) is 29.0 Å². The van der Waals surface area contributed by atoms with E-state index in [9.17, 15) is 0 Å². The van der Waals surface area contributed by atoms with Gasteiger partial charge in [-0.3, -0.25) is 0 Å².